The van der Waals surface area contributed by atoms with Crippen molar-refractivity contribution >= 4 is 16.8 Å². The van der Waals surface area contributed by atoms with Crippen molar-refractivity contribution in [3.05, 3.63) is 89.7 Å². The van der Waals surface area contributed by atoms with E-state index >= 15 is 0 Å². The number of aromatic nitrogens is 2. The van der Waals surface area contributed by atoms with E-state index in [1.54, 1.807) is 4.57 Å². The second-order valence-corrected chi connectivity index (χ2v) is 6.64. The zero-order valence-corrected chi connectivity index (χ0v) is 15.6. The van der Waals surface area contributed by atoms with E-state index in [4.69, 9.17) is 4.98 Å². The second kappa shape index (κ2) is 7.20. The summed E-state index contributed by atoms with van der Waals surface area (Å²) < 4.78 is 1.67. The van der Waals surface area contributed by atoms with Crippen LogP contribution < -0.4 is 0 Å². The third kappa shape index (κ3) is 3.06. The minimum Gasteiger partial charge on any atom is -0.282 e. The van der Waals surface area contributed by atoms with Gasteiger partial charge in [-0.25, -0.2) is 0 Å². The number of pyridine rings is 1. The summed E-state index contributed by atoms with van der Waals surface area (Å²) in [6, 6.07) is 19.9. The van der Waals surface area contributed by atoms with Crippen molar-refractivity contribution in [2.45, 2.75) is 26.7 Å². The van der Waals surface area contributed by atoms with Gasteiger partial charge in [0.25, 0.3) is 5.91 Å². The van der Waals surface area contributed by atoms with Crippen LogP contribution in [0.4, 0.5) is 0 Å². The lowest BCUT2D eigenvalue weighted by Crippen LogP contribution is -2.10. The standard InChI is InChI=1S/C24H22N2O/c1-3-17-11-8-12-18(4-2)23(17)21-15-20-13-14-26(22(20)16-25-21)24(27)19-9-6-5-7-10-19/h5-16H,3-4H2,1-2H3. The minimum atomic E-state index is -0.0386. The van der Waals surface area contributed by atoms with Gasteiger partial charge < -0.3 is 0 Å². The Labute approximate surface area is 159 Å². The highest BCUT2D eigenvalue weighted by Gasteiger charge is 2.14. The Balaban J connectivity index is 1.81. The Morgan fingerprint density at radius 2 is 1.63 bits per heavy atom. The molecule has 0 fully saturated rings. The summed E-state index contributed by atoms with van der Waals surface area (Å²) in [5.74, 6) is -0.0386. The van der Waals surface area contributed by atoms with E-state index < -0.39 is 0 Å². The molecule has 0 saturated carbocycles. The molecule has 4 rings (SSSR count). The first-order valence-electron chi connectivity index (χ1n) is 9.41. The second-order valence-electron chi connectivity index (χ2n) is 6.64. The third-order valence-electron chi connectivity index (χ3n) is 5.07. The SMILES string of the molecule is CCc1cccc(CC)c1-c1cc2ccn(C(=O)c3ccccc3)c2cn1. The van der Waals surface area contributed by atoms with Gasteiger partial charge in [-0.15, -0.1) is 0 Å². The van der Waals surface area contributed by atoms with Gasteiger partial charge in [0.15, 0.2) is 0 Å². The average molecular weight is 354 g/mol. The Bertz CT molecular complexity index is 1090. The molecule has 2 aromatic carbocycles. The van der Waals surface area contributed by atoms with Gasteiger partial charge in [0.05, 0.1) is 17.4 Å². The number of aryl methyl sites for hydroxylation is 2. The van der Waals surface area contributed by atoms with Crippen LogP contribution in [0.5, 0.6) is 0 Å². The number of carbonyl (C=O) groups is 1. The van der Waals surface area contributed by atoms with E-state index in [0.717, 1.165) is 29.4 Å². The minimum absolute atomic E-state index is 0.0386. The van der Waals surface area contributed by atoms with Gasteiger partial charge in [0.2, 0.25) is 0 Å². The molecule has 134 valence electrons. The predicted octanol–water partition coefficient (Wildman–Crippen LogP) is 5.52. The largest absolute Gasteiger partial charge is 0.282 e. The van der Waals surface area contributed by atoms with Crippen LogP contribution in [0.3, 0.4) is 0 Å². The lowest BCUT2D eigenvalue weighted by atomic mass is 9.94. The van der Waals surface area contributed by atoms with Gasteiger partial charge in [-0.3, -0.25) is 14.3 Å². The molecule has 2 heterocycles. The predicted molar refractivity (Wildman–Crippen MR) is 110 cm³/mol. The molecule has 0 aliphatic heterocycles. The molecule has 27 heavy (non-hydrogen) atoms. The zero-order chi connectivity index (χ0) is 18.8. The van der Waals surface area contributed by atoms with E-state index in [-0.39, 0.29) is 5.91 Å². The smallest absolute Gasteiger partial charge is 0.262 e. The number of nitrogens with zero attached hydrogens (tertiary/aromatic N) is 2. The summed E-state index contributed by atoms with van der Waals surface area (Å²) in [7, 11) is 0. The molecule has 0 spiro atoms. The van der Waals surface area contributed by atoms with Gasteiger partial charge in [0, 0.05) is 22.7 Å². The number of carbonyl (C=O) groups excluding carboxylic acids is 1. The summed E-state index contributed by atoms with van der Waals surface area (Å²) in [5, 5.41) is 1.03. The van der Waals surface area contributed by atoms with E-state index in [1.165, 1.54) is 16.7 Å². The lowest BCUT2D eigenvalue weighted by Gasteiger charge is -2.13. The first kappa shape index (κ1) is 17.2. The first-order chi connectivity index (χ1) is 13.2. The Hall–Kier alpha value is -3.20. The fraction of sp³-hybridized carbons (Fsp3) is 0.167. The highest BCUT2D eigenvalue weighted by molar-refractivity contribution is 6.02. The highest BCUT2D eigenvalue weighted by Crippen LogP contribution is 2.30. The van der Waals surface area contributed by atoms with Crippen LogP contribution >= 0.6 is 0 Å². The van der Waals surface area contributed by atoms with Gasteiger partial charge >= 0.3 is 0 Å². The topological polar surface area (TPSA) is 34.9 Å². The quantitative estimate of drug-likeness (QED) is 0.484. The summed E-state index contributed by atoms with van der Waals surface area (Å²) in [6.07, 6.45) is 5.59. The molecule has 3 nitrogen and oxygen atoms in total. The van der Waals surface area contributed by atoms with Crippen LogP contribution in [-0.2, 0) is 12.8 Å². The fourth-order valence-corrected chi connectivity index (χ4v) is 3.64. The van der Waals surface area contributed by atoms with Crippen LogP contribution in [-0.4, -0.2) is 15.5 Å². The maximum Gasteiger partial charge on any atom is 0.262 e. The molecule has 4 aromatic rings. The molecule has 0 amide bonds. The monoisotopic (exact) mass is 354 g/mol. The van der Waals surface area contributed by atoms with E-state index in [1.807, 2.05) is 48.8 Å². The summed E-state index contributed by atoms with van der Waals surface area (Å²) in [4.78, 5) is 17.5. The number of fused-ring (bicyclic) bond motifs is 1. The molecule has 2 aromatic heterocycles. The van der Waals surface area contributed by atoms with Crippen molar-refractivity contribution in [3.8, 4) is 11.3 Å². The highest BCUT2D eigenvalue weighted by atomic mass is 16.2. The molecule has 0 aliphatic rings. The zero-order valence-electron chi connectivity index (χ0n) is 15.6. The molecule has 0 unspecified atom stereocenters. The summed E-state index contributed by atoms with van der Waals surface area (Å²) in [6.45, 7) is 4.34. The molecule has 3 heteroatoms. The lowest BCUT2D eigenvalue weighted by molar-refractivity contribution is 0.0965. The normalized spacial score (nSPS) is 11.0. The van der Waals surface area contributed by atoms with Gasteiger partial charge in [-0.2, -0.15) is 0 Å². The van der Waals surface area contributed by atoms with Gasteiger partial charge in [-0.1, -0.05) is 50.2 Å². The number of rotatable bonds is 4. The molecule has 0 radical (unpaired) electrons. The van der Waals surface area contributed by atoms with Crippen molar-refractivity contribution in [2.75, 3.05) is 0 Å². The summed E-state index contributed by atoms with van der Waals surface area (Å²) >= 11 is 0. The number of benzene rings is 2. The molecule has 0 N–H and O–H groups in total. The fourth-order valence-electron chi connectivity index (χ4n) is 3.64. The molecule has 0 bridgehead atoms. The van der Waals surface area contributed by atoms with Crippen molar-refractivity contribution < 1.29 is 4.79 Å². The van der Waals surface area contributed by atoms with E-state index in [9.17, 15) is 4.79 Å². The summed E-state index contributed by atoms with van der Waals surface area (Å²) in [5.41, 5.74) is 6.32. The van der Waals surface area contributed by atoms with Crippen LogP contribution in [0.1, 0.15) is 35.3 Å². The van der Waals surface area contributed by atoms with Crippen molar-refractivity contribution in [2.24, 2.45) is 0 Å². The molecular formula is C24H22N2O. The first-order valence-corrected chi connectivity index (χ1v) is 9.41. The third-order valence-corrected chi connectivity index (χ3v) is 5.07. The van der Waals surface area contributed by atoms with Crippen molar-refractivity contribution in [3.63, 3.8) is 0 Å². The average Bonchev–Trinajstić information content (AvgIpc) is 3.16. The number of hydrogen-bond acceptors (Lipinski definition) is 2. The maximum absolute atomic E-state index is 12.8. The van der Waals surface area contributed by atoms with Crippen LogP contribution in [0.25, 0.3) is 22.2 Å². The Kier molecular flexibility index (Phi) is 4.59. The van der Waals surface area contributed by atoms with Crippen LogP contribution in [0.2, 0.25) is 0 Å². The molecular weight excluding hydrogens is 332 g/mol. The van der Waals surface area contributed by atoms with Crippen molar-refractivity contribution in [1.82, 2.24) is 9.55 Å². The maximum atomic E-state index is 12.8. The van der Waals surface area contributed by atoms with Gasteiger partial charge in [0.1, 0.15) is 0 Å². The van der Waals surface area contributed by atoms with Crippen LogP contribution in [0, 0.1) is 0 Å². The molecule has 0 aliphatic carbocycles. The Morgan fingerprint density at radius 3 is 2.30 bits per heavy atom. The van der Waals surface area contributed by atoms with E-state index in [2.05, 4.69) is 38.1 Å². The van der Waals surface area contributed by atoms with E-state index in [0.29, 0.717) is 5.56 Å². The van der Waals surface area contributed by atoms with Crippen LogP contribution in [0.15, 0.2) is 73.1 Å². The molecule has 0 saturated heterocycles. The molecule has 0 atom stereocenters. The number of hydrogen-bond donors (Lipinski definition) is 0. The van der Waals surface area contributed by atoms with Gasteiger partial charge in [-0.05, 0) is 48.2 Å². The van der Waals surface area contributed by atoms with Crippen molar-refractivity contribution in [1.29, 1.82) is 0 Å². The Morgan fingerprint density at radius 1 is 0.926 bits per heavy atom.